The van der Waals surface area contributed by atoms with Crippen molar-refractivity contribution in [1.82, 2.24) is 4.90 Å². The molecule has 1 N–H and O–H groups in total. The minimum atomic E-state index is -0.560. The van der Waals surface area contributed by atoms with Gasteiger partial charge in [0.25, 0.3) is 0 Å². The Labute approximate surface area is 180 Å². The number of nitrogens with zero attached hydrogens (tertiary/aromatic N) is 1. The maximum Gasteiger partial charge on any atom is 0.161 e. The Morgan fingerprint density at radius 2 is 1.83 bits per heavy atom. The minimum absolute atomic E-state index is 0.171. The highest BCUT2D eigenvalue weighted by Gasteiger charge is 2.48. The van der Waals surface area contributed by atoms with Gasteiger partial charge in [0.2, 0.25) is 0 Å². The van der Waals surface area contributed by atoms with Crippen LogP contribution < -0.4 is 9.47 Å². The average Bonchev–Trinajstić information content (AvgIpc) is 2.79. The first-order chi connectivity index (χ1) is 14.6. The summed E-state index contributed by atoms with van der Waals surface area (Å²) in [6.45, 7) is 1.76. The van der Waals surface area contributed by atoms with Gasteiger partial charge in [-0.25, -0.2) is 0 Å². The van der Waals surface area contributed by atoms with E-state index in [1.165, 1.54) is 17.5 Å². The molecule has 1 saturated carbocycles. The number of likely N-dealkylation sites (tertiary alicyclic amines) is 1. The van der Waals surface area contributed by atoms with Crippen LogP contribution in [0.2, 0.25) is 0 Å². The lowest BCUT2D eigenvalue weighted by atomic mass is 9.66. The van der Waals surface area contributed by atoms with E-state index in [1.54, 1.807) is 14.2 Å². The van der Waals surface area contributed by atoms with Crippen molar-refractivity contribution >= 4 is 6.08 Å². The van der Waals surface area contributed by atoms with Gasteiger partial charge in [-0.3, -0.25) is 4.90 Å². The summed E-state index contributed by atoms with van der Waals surface area (Å²) in [7, 11) is 3.35. The number of methoxy groups -OCH3 is 2. The molecule has 0 unspecified atom stereocenters. The molecule has 0 amide bonds. The van der Waals surface area contributed by atoms with Crippen LogP contribution in [0.15, 0.2) is 54.6 Å². The third-order valence-corrected chi connectivity index (χ3v) is 6.87. The maximum atomic E-state index is 11.5. The summed E-state index contributed by atoms with van der Waals surface area (Å²) in [5, 5.41) is 11.5. The molecule has 30 heavy (non-hydrogen) atoms. The summed E-state index contributed by atoms with van der Waals surface area (Å²) in [4.78, 5) is 2.52. The highest BCUT2D eigenvalue weighted by atomic mass is 16.5. The van der Waals surface area contributed by atoms with E-state index < -0.39 is 5.60 Å². The van der Waals surface area contributed by atoms with Crippen molar-refractivity contribution in [2.75, 3.05) is 27.3 Å². The summed E-state index contributed by atoms with van der Waals surface area (Å²) >= 11 is 0. The van der Waals surface area contributed by atoms with Gasteiger partial charge in [-0.15, -0.1) is 0 Å². The molecule has 0 bridgehead atoms. The molecule has 1 heterocycles. The molecule has 1 aliphatic heterocycles. The lowest BCUT2D eigenvalue weighted by Crippen LogP contribution is -2.54. The molecule has 0 spiro atoms. The fourth-order valence-corrected chi connectivity index (χ4v) is 5.32. The second kappa shape index (κ2) is 9.23. The fraction of sp³-hybridized carbons (Fsp3) is 0.462. The first-order valence-corrected chi connectivity index (χ1v) is 11.0. The number of hydrogen-bond acceptors (Lipinski definition) is 4. The summed E-state index contributed by atoms with van der Waals surface area (Å²) in [6, 6.07) is 16.8. The summed E-state index contributed by atoms with van der Waals surface area (Å²) in [6.07, 6.45) is 9.57. The van der Waals surface area contributed by atoms with E-state index in [2.05, 4.69) is 53.5 Å². The molecule has 3 atom stereocenters. The van der Waals surface area contributed by atoms with E-state index in [-0.39, 0.29) is 12.0 Å². The Hall–Kier alpha value is -2.30. The van der Waals surface area contributed by atoms with Crippen molar-refractivity contribution in [3.05, 3.63) is 65.7 Å². The summed E-state index contributed by atoms with van der Waals surface area (Å²) in [5.74, 6) is 1.73. The zero-order valence-corrected chi connectivity index (χ0v) is 18.1. The maximum absolute atomic E-state index is 11.5. The molecule has 1 aliphatic carbocycles. The van der Waals surface area contributed by atoms with E-state index in [4.69, 9.17) is 9.47 Å². The van der Waals surface area contributed by atoms with Gasteiger partial charge in [-0.2, -0.15) is 0 Å². The van der Waals surface area contributed by atoms with Crippen LogP contribution in [0.3, 0.4) is 0 Å². The summed E-state index contributed by atoms with van der Waals surface area (Å²) in [5.41, 5.74) is 1.85. The molecule has 160 valence electrons. The number of ether oxygens (including phenoxy) is 2. The van der Waals surface area contributed by atoms with Crippen LogP contribution in [0.1, 0.15) is 49.3 Å². The van der Waals surface area contributed by atoms with Gasteiger partial charge in [-0.1, -0.05) is 61.4 Å². The van der Waals surface area contributed by atoms with Gasteiger partial charge in [0, 0.05) is 25.0 Å². The van der Waals surface area contributed by atoms with Gasteiger partial charge in [0.1, 0.15) is 0 Å². The van der Waals surface area contributed by atoms with Crippen molar-refractivity contribution in [1.29, 1.82) is 0 Å². The standard InChI is InChI=1S/C26H33NO3/c1-29-23-14-13-21(19-24(23)30-2)25-22-12-6-7-15-26(22,28)16-18-27(25)17-8-11-20-9-4-3-5-10-20/h3-5,8-11,13-14,19,22,25,28H,6-7,12,15-18H2,1-2H3/t22-,25-,26-/m0/s1. The predicted molar refractivity (Wildman–Crippen MR) is 121 cm³/mol. The molecule has 2 aromatic rings. The number of benzene rings is 2. The lowest BCUT2D eigenvalue weighted by molar-refractivity contribution is -0.122. The van der Waals surface area contributed by atoms with Crippen LogP contribution in [0, 0.1) is 5.92 Å². The molecule has 4 rings (SSSR count). The monoisotopic (exact) mass is 407 g/mol. The Bertz CT molecular complexity index is 866. The van der Waals surface area contributed by atoms with Crippen LogP contribution >= 0.6 is 0 Å². The third-order valence-electron chi connectivity index (χ3n) is 6.87. The van der Waals surface area contributed by atoms with Crippen molar-refractivity contribution < 1.29 is 14.6 Å². The Morgan fingerprint density at radius 3 is 2.60 bits per heavy atom. The Balaban J connectivity index is 1.64. The van der Waals surface area contributed by atoms with E-state index in [0.717, 1.165) is 50.3 Å². The molecular weight excluding hydrogens is 374 g/mol. The van der Waals surface area contributed by atoms with Crippen molar-refractivity contribution in [2.24, 2.45) is 5.92 Å². The average molecular weight is 408 g/mol. The van der Waals surface area contributed by atoms with E-state index in [1.807, 2.05) is 12.1 Å². The molecule has 2 aliphatic rings. The van der Waals surface area contributed by atoms with Crippen LogP contribution in [0.25, 0.3) is 6.08 Å². The smallest absolute Gasteiger partial charge is 0.161 e. The quantitative estimate of drug-likeness (QED) is 0.725. The SMILES string of the molecule is COc1ccc([C@H]2[C@@H]3CCCC[C@]3(O)CCN2CC=Cc2ccccc2)cc1OC. The zero-order chi connectivity index (χ0) is 21.0. The lowest BCUT2D eigenvalue weighted by Gasteiger charge is -2.52. The zero-order valence-electron chi connectivity index (χ0n) is 18.1. The first-order valence-electron chi connectivity index (χ1n) is 11.0. The molecule has 4 heteroatoms. The normalized spacial score (nSPS) is 27.0. The second-order valence-electron chi connectivity index (χ2n) is 8.57. The minimum Gasteiger partial charge on any atom is -0.493 e. The third kappa shape index (κ3) is 4.26. The number of rotatable bonds is 6. The first kappa shape index (κ1) is 21.0. The van der Waals surface area contributed by atoms with E-state index in [0.29, 0.717) is 0 Å². The van der Waals surface area contributed by atoms with E-state index >= 15 is 0 Å². The molecule has 0 aromatic heterocycles. The summed E-state index contributed by atoms with van der Waals surface area (Å²) < 4.78 is 11.0. The number of aliphatic hydroxyl groups is 1. The van der Waals surface area contributed by atoms with Crippen LogP contribution in [-0.2, 0) is 0 Å². The Kier molecular flexibility index (Phi) is 6.45. The van der Waals surface area contributed by atoms with Crippen molar-refractivity contribution in [3.8, 4) is 11.5 Å². The topological polar surface area (TPSA) is 41.9 Å². The van der Waals surface area contributed by atoms with Crippen LogP contribution in [-0.4, -0.2) is 42.9 Å². The molecular formula is C26H33NO3. The van der Waals surface area contributed by atoms with Gasteiger partial charge >= 0.3 is 0 Å². The van der Waals surface area contributed by atoms with Gasteiger partial charge in [0.05, 0.1) is 19.8 Å². The molecule has 1 saturated heterocycles. The second-order valence-corrected chi connectivity index (χ2v) is 8.57. The molecule has 0 radical (unpaired) electrons. The van der Waals surface area contributed by atoms with Crippen LogP contribution in [0.5, 0.6) is 11.5 Å². The number of hydrogen-bond donors (Lipinski definition) is 1. The van der Waals surface area contributed by atoms with Gasteiger partial charge < -0.3 is 14.6 Å². The largest absolute Gasteiger partial charge is 0.493 e. The molecule has 2 aromatic carbocycles. The van der Waals surface area contributed by atoms with Crippen molar-refractivity contribution in [2.45, 2.75) is 43.7 Å². The van der Waals surface area contributed by atoms with Crippen molar-refractivity contribution in [3.63, 3.8) is 0 Å². The van der Waals surface area contributed by atoms with Gasteiger partial charge in [-0.05, 0) is 42.5 Å². The van der Waals surface area contributed by atoms with Crippen LogP contribution in [0.4, 0.5) is 0 Å². The highest BCUT2D eigenvalue weighted by Crippen LogP contribution is 2.50. The highest BCUT2D eigenvalue weighted by molar-refractivity contribution is 5.49. The number of piperidine rings is 1. The molecule has 2 fully saturated rings. The number of fused-ring (bicyclic) bond motifs is 1. The fourth-order valence-electron chi connectivity index (χ4n) is 5.32. The predicted octanol–water partition coefficient (Wildman–Crippen LogP) is 5.09. The van der Waals surface area contributed by atoms with E-state index in [9.17, 15) is 5.11 Å². The van der Waals surface area contributed by atoms with Gasteiger partial charge in [0.15, 0.2) is 11.5 Å². The molecule has 4 nitrogen and oxygen atoms in total. The Morgan fingerprint density at radius 1 is 1.03 bits per heavy atom.